The number of carbonyl (C=O) groups excluding carboxylic acids is 14. The third kappa shape index (κ3) is 37.2. The number of carboxylic acids is 1. The molecule has 770 valence electrons. The average Bonchev–Trinajstić information content (AvgIpc) is 0.998. The van der Waals surface area contributed by atoms with Gasteiger partial charge in [0.25, 0.3) is 0 Å². The smallest absolute Gasteiger partial charge is 0.336 e. The molecule has 0 spiro atoms. The first kappa shape index (κ1) is 118. The molecule has 0 bridgehead atoms. The van der Waals surface area contributed by atoms with Crippen molar-refractivity contribution in [3.05, 3.63) is 124 Å². The predicted octanol–water partition coefficient (Wildman–Crippen LogP) is 2.10. The summed E-state index contributed by atoms with van der Waals surface area (Å²) in [4.78, 5) is 260. The van der Waals surface area contributed by atoms with Crippen LogP contribution in [0.2, 0.25) is 0 Å². The van der Waals surface area contributed by atoms with E-state index < -0.39 is 218 Å². The van der Waals surface area contributed by atoms with Gasteiger partial charge in [0, 0.05) is 27.9 Å². The van der Waals surface area contributed by atoms with Crippen LogP contribution in [-0.2, 0) is 173 Å². The van der Waals surface area contributed by atoms with Crippen LogP contribution in [0.4, 0.5) is 0 Å². The average molecular weight is 1960 g/mol. The topological polar surface area (TPSA) is 609 Å². The maximum Gasteiger partial charge on any atom is 0.336 e. The number of esters is 14. The Labute approximate surface area is 795 Å². The summed E-state index contributed by atoms with van der Waals surface area (Å²) in [6.07, 6.45) is 7.93. The third-order valence-electron chi connectivity index (χ3n) is 23.5. The molecule has 2 aromatic heterocycles. The standard InChI is InChI=1S/C54H75N3O21.C15H22O6.C9H15N3O6.C9H12O3.C6H10O3/c1-31(2)43(58)73-22-25-76-46(61)37-13-10-34(7)28-40(37)49(64)70-19-16-55-52(67)56(17-20-71-50(65)41-29-35(8)11-14-38(41)47(62)77-26-23-74-44(59)32(3)4)54(69)57(53(55)68)18-21-72-51(66)42-30-36(9)12-15-39(42)48(63)78-27-24-75-45(60)33(5)6;1-9(2)14(18)20-6-7-21-15(19)11-5-4-10(3)8-12(11)13(16)17;13-4-1-10-7(16)11(2-5-14)9(18)12(3-6-15)8(10)17;1-5-2-3-6-7(4-5)9(11)12-8(6)10;1-5(2)6(8)9-4-3-7/h34-42H,1,3,5,10-30H2,2,4,6-9H3;10-12H,1,4-8H2,2-3H3,(H,16,17);13-15H,1-6H2;5-7H,2-4H2,1H3;7H,1,3-4H2,2H3. The fourth-order valence-corrected chi connectivity index (χ4v) is 16.0. The molecular weight excluding hydrogens is 1830 g/mol. The molecule has 2 aromatic rings. The van der Waals surface area contributed by atoms with E-state index in [9.17, 15) is 106 Å². The number of fused-ring (bicyclic) bond motifs is 1. The minimum absolute atomic E-state index is 0.0159. The Bertz CT molecular complexity index is 4620. The highest BCUT2D eigenvalue weighted by Gasteiger charge is 2.48. The zero-order valence-electron chi connectivity index (χ0n) is 80.2. The largest absolute Gasteiger partial charge is 0.481 e. The summed E-state index contributed by atoms with van der Waals surface area (Å²) in [7, 11) is 0. The fourth-order valence-electron chi connectivity index (χ4n) is 16.0. The summed E-state index contributed by atoms with van der Waals surface area (Å²) < 4.78 is 70.4. The van der Waals surface area contributed by atoms with E-state index in [2.05, 4.69) is 49.3 Å². The van der Waals surface area contributed by atoms with Crippen molar-refractivity contribution in [1.29, 1.82) is 0 Å². The van der Waals surface area contributed by atoms with Gasteiger partial charge in [-0.05, 0) is 161 Å². The molecule has 45 nitrogen and oxygen atoms in total. The number of aliphatic hydroxyl groups excluding tert-OH is 4. The summed E-state index contributed by atoms with van der Waals surface area (Å²) in [6.45, 7) is 27.1. The van der Waals surface area contributed by atoms with Gasteiger partial charge in [-0.2, -0.15) is 0 Å². The molecule has 1 saturated heterocycles. The number of aromatic nitrogens is 6. The predicted molar refractivity (Wildman–Crippen MR) is 481 cm³/mol. The monoisotopic (exact) mass is 1960 g/mol. The number of cyclic esters (lactones) is 2. The normalized spacial score (nSPS) is 22.2. The van der Waals surface area contributed by atoms with Gasteiger partial charge in [0.2, 0.25) is 0 Å². The van der Waals surface area contributed by atoms with Crippen LogP contribution in [0, 0.1) is 88.8 Å². The van der Waals surface area contributed by atoms with Gasteiger partial charge in [-0.25, -0.2) is 80.1 Å². The van der Waals surface area contributed by atoms with E-state index in [0.29, 0.717) is 76.9 Å². The number of nitrogens with zero attached hydrogens (tertiary/aromatic N) is 6. The molecular formula is C93H134N6O39. The van der Waals surface area contributed by atoms with E-state index in [-0.39, 0.29) is 188 Å². The van der Waals surface area contributed by atoms with Crippen molar-refractivity contribution in [1.82, 2.24) is 27.4 Å². The second-order valence-electron chi connectivity index (χ2n) is 35.0. The Balaban J connectivity index is 0.000000520. The molecule has 6 fully saturated rings. The second kappa shape index (κ2) is 59.7. The van der Waals surface area contributed by atoms with Crippen molar-refractivity contribution in [2.24, 2.45) is 88.8 Å². The first-order chi connectivity index (χ1) is 65.2. The number of carbonyl (C=O) groups is 15. The summed E-state index contributed by atoms with van der Waals surface area (Å²) in [5, 5.41) is 43.7. The molecule has 138 heavy (non-hydrogen) atoms. The van der Waals surface area contributed by atoms with Crippen molar-refractivity contribution in [3.8, 4) is 0 Å². The van der Waals surface area contributed by atoms with Gasteiger partial charge >= 0.3 is 124 Å². The molecule has 0 aromatic carbocycles. The number of hydrogen-bond acceptors (Lipinski definition) is 38. The van der Waals surface area contributed by atoms with Crippen molar-refractivity contribution in [2.45, 2.75) is 205 Å². The van der Waals surface area contributed by atoms with Gasteiger partial charge < -0.3 is 87.1 Å². The lowest BCUT2D eigenvalue weighted by atomic mass is 9.74. The first-order valence-electron chi connectivity index (χ1n) is 45.8. The molecule has 5 saturated carbocycles. The van der Waals surface area contributed by atoms with E-state index >= 15 is 0 Å². The zero-order valence-corrected chi connectivity index (χ0v) is 80.2. The number of ether oxygens (including phenoxy) is 13. The fraction of sp³-hybridized carbons (Fsp3) is 0.667. The number of hydrogen-bond donors (Lipinski definition) is 5. The maximum atomic E-state index is 14.1. The van der Waals surface area contributed by atoms with Gasteiger partial charge in [0.15, 0.2) is 0 Å². The molecule has 3 heterocycles. The summed E-state index contributed by atoms with van der Waals surface area (Å²) in [5.74, 6) is -15.9. The van der Waals surface area contributed by atoms with Crippen molar-refractivity contribution in [3.63, 3.8) is 0 Å². The molecule has 15 atom stereocenters. The van der Waals surface area contributed by atoms with Crippen LogP contribution in [0.1, 0.15) is 166 Å². The molecule has 0 amide bonds. The summed E-state index contributed by atoms with van der Waals surface area (Å²) in [6, 6.07) is 0. The van der Waals surface area contributed by atoms with Crippen LogP contribution in [0.25, 0.3) is 0 Å². The SMILES string of the molecule is C=C(C)C(=O)OCCO.C=C(C)C(=O)OCCOC(=O)C1CCC(C)CC1C(=O)O.C=C(C)C(=O)OCCOC(=O)C1CCC(C)CC1C(=O)OCCn1c(=O)n(CCOC(=O)C2CC(C)CCC2C(=O)OCCOC(=O)C(=C)C)c(=O)n(CCOC(=O)C2CC(C)CCC2C(=O)OCCOC(=O)C(=C)C)c1=O.CC1CCC2C(=O)OC(=O)C2C1.O=c1n(CCO)c(=O)n(CCO)c(=O)n1CCO. The van der Waals surface area contributed by atoms with Crippen molar-refractivity contribution < 1.29 is 159 Å². The number of aliphatic hydroxyl groups is 4. The van der Waals surface area contributed by atoms with E-state index in [4.69, 9.17) is 72.5 Å². The van der Waals surface area contributed by atoms with Crippen LogP contribution >= 0.6 is 0 Å². The Morgan fingerprint density at radius 1 is 0.261 bits per heavy atom. The Kier molecular flexibility index (Phi) is 51.0. The van der Waals surface area contributed by atoms with Gasteiger partial charge in [-0.15, -0.1) is 0 Å². The molecule has 5 aliphatic carbocycles. The minimum Gasteiger partial charge on any atom is -0.481 e. The summed E-state index contributed by atoms with van der Waals surface area (Å²) in [5.41, 5.74) is -5.07. The van der Waals surface area contributed by atoms with Crippen LogP contribution in [0.3, 0.4) is 0 Å². The van der Waals surface area contributed by atoms with Crippen molar-refractivity contribution in [2.75, 3.05) is 106 Å². The molecule has 15 unspecified atom stereocenters. The minimum atomic E-state index is -1.17. The lowest BCUT2D eigenvalue weighted by Gasteiger charge is -2.32. The Hall–Kier alpha value is -12.4. The van der Waals surface area contributed by atoms with Gasteiger partial charge in [-0.1, -0.05) is 67.5 Å². The van der Waals surface area contributed by atoms with E-state index in [1.165, 1.54) is 27.7 Å². The zero-order chi connectivity index (χ0) is 103. The second-order valence-corrected chi connectivity index (χ2v) is 35.0. The van der Waals surface area contributed by atoms with E-state index in [0.717, 1.165) is 25.7 Å². The van der Waals surface area contributed by atoms with Gasteiger partial charge in [-0.3, -0.25) is 47.9 Å². The van der Waals surface area contributed by atoms with Crippen LogP contribution in [0.15, 0.2) is 89.5 Å². The lowest BCUT2D eigenvalue weighted by Crippen LogP contribution is -2.55. The van der Waals surface area contributed by atoms with Crippen molar-refractivity contribution >= 4 is 89.5 Å². The summed E-state index contributed by atoms with van der Waals surface area (Å²) >= 11 is 0. The number of aliphatic carboxylic acids is 1. The maximum absolute atomic E-state index is 14.1. The van der Waals surface area contributed by atoms with Gasteiger partial charge in [0.05, 0.1) is 125 Å². The molecule has 5 N–H and O–H groups in total. The Morgan fingerprint density at radius 3 is 0.710 bits per heavy atom. The third-order valence-corrected chi connectivity index (χ3v) is 23.5. The van der Waals surface area contributed by atoms with E-state index in [1.807, 2.05) is 27.7 Å². The quantitative estimate of drug-likeness (QED) is 0.0209. The molecule has 0 radical (unpaired) electrons. The number of rotatable bonds is 42. The van der Waals surface area contributed by atoms with Crippen LogP contribution in [-0.4, -0.2) is 248 Å². The Morgan fingerprint density at radius 2 is 0.464 bits per heavy atom. The molecule has 6 aliphatic rings. The van der Waals surface area contributed by atoms with Crippen LogP contribution in [0.5, 0.6) is 0 Å². The molecule has 1 aliphatic heterocycles. The van der Waals surface area contributed by atoms with Gasteiger partial charge in [0.1, 0.15) is 79.3 Å². The highest BCUT2D eigenvalue weighted by molar-refractivity contribution is 5.96. The highest BCUT2D eigenvalue weighted by Crippen LogP contribution is 2.41. The number of carboxylic acid groups (broad SMARTS) is 1. The molecule has 45 heteroatoms. The first-order valence-corrected chi connectivity index (χ1v) is 45.8. The highest BCUT2D eigenvalue weighted by atomic mass is 16.6. The van der Waals surface area contributed by atoms with E-state index in [1.54, 1.807) is 6.92 Å². The lowest BCUT2D eigenvalue weighted by molar-refractivity contribution is -0.165. The van der Waals surface area contributed by atoms with Crippen LogP contribution < -0.4 is 34.1 Å². The molecule has 8 rings (SSSR count).